The molecular formula is C19H22ClIN3O4-. The van der Waals surface area contributed by atoms with Gasteiger partial charge in [0.2, 0.25) is 0 Å². The Bertz CT molecular complexity index is 948. The van der Waals surface area contributed by atoms with Crippen LogP contribution in [0.25, 0.3) is 22.3 Å². The summed E-state index contributed by atoms with van der Waals surface area (Å²) in [6, 6.07) is 6.25. The van der Waals surface area contributed by atoms with Crippen LogP contribution < -0.4 is 34.7 Å². The van der Waals surface area contributed by atoms with E-state index in [9.17, 15) is 0 Å². The molecule has 3 aromatic rings. The number of nitrogens with zero attached hydrogens (tertiary/aromatic N) is 2. The molecule has 3 rings (SSSR count). The molecule has 7 nitrogen and oxygen atoms in total. The van der Waals surface area contributed by atoms with Gasteiger partial charge in [0, 0.05) is 0 Å². The number of rotatable bonds is 9. The Morgan fingerprint density at radius 3 is 2.71 bits per heavy atom. The number of fused-ring (bicyclic) bond motifs is 1. The zero-order valence-corrected chi connectivity index (χ0v) is 19.0. The van der Waals surface area contributed by atoms with Gasteiger partial charge in [0.05, 0.1) is 0 Å². The van der Waals surface area contributed by atoms with Crippen molar-refractivity contribution in [2.75, 3.05) is 30.6 Å². The molecule has 2 heterocycles. The Balaban J connectivity index is 2.05. The van der Waals surface area contributed by atoms with Gasteiger partial charge in [-0.15, -0.1) is 0 Å². The third-order valence-electron chi connectivity index (χ3n) is 3.73. The Hall–Kier alpha value is -1.78. The number of nitrogens with one attached hydrogen (secondary N) is 1. The van der Waals surface area contributed by atoms with Crippen LogP contribution in [0.5, 0.6) is 11.5 Å². The number of ether oxygens (including phenoxy) is 2. The average Bonchev–Trinajstić information content (AvgIpc) is 3.12. The molecule has 2 aromatic heterocycles. The molecule has 0 aliphatic carbocycles. The third-order valence-corrected chi connectivity index (χ3v) is 5.01. The summed E-state index contributed by atoms with van der Waals surface area (Å²) in [7, 11) is 1.62. The zero-order valence-electron chi connectivity index (χ0n) is 16.1. The fourth-order valence-corrected chi connectivity index (χ4v) is 3.64. The summed E-state index contributed by atoms with van der Waals surface area (Å²) < 4.78 is 22.1. The van der Waals surface area contributed by atoms with Crippen LogP contribution in [0.1, 0.15) is 13.8 Å². The van der Waals surface area contributed by atoms with Crippen LogP contribution in [0, 0.1) is 0 Å². The van der Waals surface area contributed by atoms with E-state index in [0.717, 1.165) is 11.1 Å². The van der Waals surface area contributed by atoms with Gasteiger partial charge in [-0.3, -0.25) is 0 Å². The third kappa shape index (κ3) is 4.79. The first-order chi connectivity index (χ1) is 13.5. The predicted molar refractivity (Wildman–Crippen MR) is 105 cm³/mol. The number of alkyl halides is 1. The molecule has 28 heavy (non-hydrogen) atoms. The number of methoxy groups -OCH3 is 1. The number of halogens is 2. The standard InChI is InChI=1S/C19H22ClIN3O4/c1-11(2)22-19-24-14(10-27-19)13-9-16(28-21-3)12-5-6-15(26-8-7-25-4)17(20)18(12)23-13/h5-6,9-11H,7-8H2,1-4H3,(H,22,24)/q-1. The monoisotopic (exact) mass is 518 g/mol. The van der Waals surface area contributed by atoms with Crippen molar-refractivity contribution in [1.29, 1.82) is 0 Å². The molecule has 0 atom stereocenters. The predicted octanol–water partition coefficient (Wildman–Crippen LogP) is 1.40. The Morgan fingerprint density at radius 2 is 2.00 bits per heavy atom. The molecule has 0 aliphatic rings. The number of benzene rings is 1. The average molecular weight is 519 g/mol. The second kappa shape index (κ2) is 9.62. The van der Waals surface area contributed by atoms with Gasteiger partial charge >= 0.3 is 180 Å². The summed E-state index contributed by atoms with van der Waals surface area (Å²) in [5.41, 5.74) is 1.82. The number of oxazole rings is 1. The molecular weight excluding hydrogens is 497 g/mol. The molecule has 0 amide bonds. The first kappa shape index (κ1) is 20.9. The second-order valence-electron chi connectivity index (χ2n) is 6.19. The summed E-state index contributed by atoms with van der Waals surface area (Å²) in [5, 5.41) is 4.39. The van der Waals surface area contributed by atoms with Crippen molar-refractivity contribution in [3.63, 3.8) is 0 Å². The van der Waals surface area contributed by atoms with Gasteiger partial charge in [0.1, 0.15) is 0 Å². The van der Waals surface area contributed by atoms with E-state index in [1.165, 1.54) is 0 Å². The van der Waals surface area contributed by atoms with Crippen LogP contribution in [-0.2, 0) is 4.74 Å². The molecule has 0 radical (unpaired) electrons. The minimum atomic E-state index is -0.441. The maximum atomic E-state index is 6.60. The van der Waals surface area contributed by atoms with Crippen LogP contribution in [0.15, 0.2) is 28.9 Å². The van der Waals surface area contributed by atoms with E-state index in [2.05, 4.69) is 10.3 Å². The number of hydrogen-bond donors (Lipinski definition) is 1. The van der Waals surface area contributed by atoms with Gasteiger partial charge in [0.15, 0.2) is 0 Å². The van der Waals surface area contributed by atoms with Crippen molar-refractivity contribution in [3.05, 3.63) is 29.5 Å². The van der Waals surface area contributed by atoms with Crippen LogP contribution >= 0.6 is 11.6 Å². The molecule has 152 valence electrons. The van der Waals surface area contributed by atoms with Crippen molar-refractivity contribution < 1.29 is 38.6 Å². The van der Waals surface area contributed by atoms with E-state index in [4.69, 9.17) is 33.5 Å². The molecule has 0 unspecified atom stereocenters. The summed E-state index contributed by atoms with van der Waals surface area (Å²) in [5.74, 6) is 1.28. The fraction of sp³-hybridized carbons (Fsp3) is 0.368. The van der Waals surface area contributed by atoms with Crippen molar-refractivity contribution in [2.45, 2.75) is 19.9 Å². The Labute approximate surface area is 179 Å². The summed E-state index contributed by atoms with van der Waals surface area (Å²) in [6.45, 7) is 4.90. The van der Waals surface area contributed by atoms with Crippen molar-refractivity contribution >= 4 is 28.5 Å². The van der Waals surface area contributed by atoms with Crippen LogP contribution in [0.4, 0.5) is 6.01 Å². The molecule has 0 aliphatic heterocycles. The van der Waals surface area contributed by atoms with Gasteiger partial charge in [-0.05, 0) is 0 Å². The number of aromatic nitrogens is 2. The van der Waals surface area contributed by atoms with Crippen molar-refractivity contribution in [3.8, 4) is 22.9 Å². The molecule has 0 saturated heterocycles. The van der Waals surface area contributed by atoms with E-state index in [1.54, 1.807) is 13.4 Å². The van der Waals surface area contributed by atoms with Gasteiger partial charge < -0.3 is 0 Å². The van der Waals surface area contributed by atoms with Gasteiger partial charge in [0.25, 0.3) is 0 Å². The molecule has 0 bridgehead atoms. The van der Waals surface area contributed by atoms with Crippen LogP contribution in [-0.4, -0.2) is 41.3 Å². The molecule has 1 N–H and O–H groups in total. The quantitative estimate of drug-likeness (QED) is 0.261. The van der Waals surface area contributed by atoms with Crippen molar-refractivity contribution in [1.82, 2.24) is 9.97 Å². The summed E-state index contributed by atoms with van der Waals surface area (Å²) in [4.78, 5) is 11.2. The minimum absolute atomic E-state index is 0.209. The van der Waals surface area contributed by atoms with Crippen LogP contribution in [0.3, 0.4) is 0 Å². The molecule has 0 fully saturated rings. The van der Waals surface area contributed by atoms with Gasteiger partial charge in [-0.2, -0.15) is 0 Å². The van der Waals surface area contributed by atoms with Gasteiger partial charge in [-0.1, -0.05) is 0 Å². The van der Waals surface area contributed by atoms with E-state index in [0.29, 0.717) is 46.9 Å². The zero-order chi connectivity index (χ0) is 20.1. The van der Waals surface area contributed by atoms with E-state index < -0.39 is 21.6 Å². The van der Waals surface area contributed by atoms with Crippen molar-refractivity contribution in [2.24, 2.45) is 0 Å². The normalized spacial score (nSPS) is 11.4. The molecule has 0 spiro atoms. The SMILES string of the molecule is COCCOc1ccc2c(O[I-]C)cc(-c3coc(NC(C)C)n3)nc2c1Cl. The number of hydrogen-bond acceptors (Lipinski definition) is 7. The summed E-state index contributed by atoms with van der Waals surface area (Å²) >= 11 is 6.15. The first-order valence-electron chi connectivity index (χ1n) is 8.67. The molecule has 0 saturated carbocycles. The van der Waals surface area contributed by atoms with E-state index in [-0.39, 0.29) is 6.04 Å². The Morgan fingerprint density at radius 1 is 1.18 bits per heavy atom. The molecule has 9 heteroatoms. The van der Waals surface area contributed by atoms with Crippen LogP contribution in [0.2, 0.25) is 5.02 Å². The first-order valence-corrected chi connectivity index (χ1v) is 12.1. The molecule has 1 aromatic carbocycles. The summed E-state index contributed by atoms with van der Waals surface area (Å²) in [6.07, 6.45) is 1.57. The topological polar surface area (TPSA) is 78.6 Å². The number of anilines is 1. The fourth-order valence-electron chi connectivity index (χ4n) is 2.54. The maximum absolute atomic E-state index is 6.60. The van der Waals surface area contributed by atoms with E-state index in [1.807, 2.05) is 37.0 Å². The second-order valence-corrected chi connectivity index (χ2v) is 7.89. The van der Waals surface area contributed by atoms with E-state index >= 15 is 0 Å². The number of pyridine rings is 1. The van der Waals surface area contributed by atoms with Gasteiger partial charge in [-0.25, -0.2) is 0 Å². The Kier molecular flexibility index (Phi) is 7.19.